The van der Waals surface area contributed by atoms with E-state index in [1.54, 1.807) is 18.4 Å². The average Bonchev–Trinajstić information content (AvgIpc) is 3.02. The first-order chi connectivity index (χ1) is 10.6. The highest BCUT2D eigenvalue weighted by Crippen LogP contribution is 2.23. The summed E-state index contributed by atoms with van der Waals surface area (Å²) in [7, 11) is 1.67. The van der Waals surface area contributed by atoms with E-state index in [0.29, 0.717) is 12.5 Å². The molecular formula is C18H23NO2S. The monoisotopic (exact) mass is 317 g/mol. The lowest BCUT2D eigenvalue weighted by Gasteiger charge is -2.05. The van der Waals surface area contributed by atoms with Crippen LogP contribution in [0.5, 0.6) is 5.75 Å². The second-order valence-electron chi connectivity index (χ2n) is 5.60. The summed E-state index contributed by atoms with van der Waals surface area (Å²) in [4.78, 5) is 13.3. The summed E-state index contributed by atoms with van der Waals surface area (Å²) in [6, 6.07) is 10.1. The van der Waals surface area contributed by atoms with Crippen LogP contribution in [0.4, 0.5) is 0 Å². The van der Waals surface area contributed by atoms with E-state index in [0.717, 1.165) is 24.2 Å². The molecule has 1 N–H and O–H groups in total. The van der Waals surface area contributed by atoms with Crippen LogP contribution in [0.2, 0.25) is 0 Å². The van der Waals surface area contributed by atoms with Gasteiger partial charge in [0, 0.05) is 16.8 Å². The number of rotatable bonds is 7. The molecule has 0 aliphatic heterocycles. The molecule has 0 atom stereocenters. The summed E-state index contributed by atoms with van der Waals surface area (Å²) in [6.07, 6.45) is 1.88. The Morgan fingerprint density at radius 3 is 2.59 bits per heavy atom. The molecule has 3 nitrogen and oxygen atoms in total. The van der Waals surface area contributed by atoms with Crippen molar-refractivity contribution in [2.45, 2.75) is 32.6 Å². The van der Waals surface area contributed by atoms with Crippen molar-refractivity contribution in [2.75, 3.05) is 13.7 Å². The maximum absolute atomic E-state index is 12.1. The van der Waals surface area contributed by atoms with Gasteiger partial charge in [-0.2, -0.15) is 0 Å². The summed E-state index contributed by atoms with van der Waals surface area (Å²) >= 11 is 1.65. The minimum Gasteiger partial charge on any atom is -0.497 e. The summed E-state index contributed by atoms with van der Waals surface area (Å²) in [5, 5.41) is 4.93. The van der Waals surface area contributed by atoms with Gasteiger partial charge < -0.3 is 10.1 Å². The molecule has 2 rings (SSSR count). The molecule has 0 aliphatic rings. The zero-order valence-corrected chi connectivity index (χ0v) is 14.2. The van der Waals surface area contributed by atoms with Gasteiger partial charge in [0.1, 0.15) is 5.75 Å². The smallest absolute Gasteiger partial charge is 0.252 e. The van der Waals surface area contributed by atoms with Crippen LogP contribution in [0, 0.1) is 0 Å². The van der Waals surface area contributed by atoms with Crippen molar-refractivity contribution in [3.8, 4) is 5.75 Å². The van der Waals surface area contributed by atoms with Crippen LogP contribution in [0.25, 0.3) is 0 Å². The van der Waals surface area contributed by atoms with Gasteiger partial charge in [-0.25, -0.2) is 0 Å². The highest BCUT2D eigenvalue weighted by atomic mass is 32.1. The number of methoxy groups -OCH3 is 1. The number of carbonyl (C=O) groups excluding carboxylic acids is 1. The standard InChI is InChI=1S/C18H23NO2S/c1-13(2)17-11-15(12-22-17)18(20)19-10-4-5-14-6-8-16(21-3)9-7-14/h6-9,11-13H,4-5,10H2,1-3H3,(H,19,20). The van der Waals surface area contributed by atoms with E-state index in [9.17, 15) is 4.79 Å². The van der Waals surface area contributed by atoms with Crippen molar-refractivity contribution >= 4 is 17.2 Å². The Labute approximate surface area is 136 Å². The van der Waals surface area contributed by atoms with Gasteiger partial charge in [-0.1, -0.05) is 26.0 Å². The van der Waals surface area contributed by atoms with Crippen LogP contribution in [-0.4, -0.2) is 19.6 Å². The van der Waals surface area contributed by atoms with Gasteiger partial charge in [0.15, 0.2) is 0 Å². The van der Waals surface area contributed by atoms with Crippen LogP contribution in [0.15, 0.2) is 35.7 Å². The number of nitrogens with one attached hydrogen (secondary N) is 1. The van der Waals surface area contributed by atoms with Gasteiger partial charge in [0.2, 0.25) is 0 Å². The van der Waals surface area contributed by atoms with E-state index in [4.69, 9.17) is 4.74 Å². The Hall–Kier alpha value is -1.81. The summed E-state index contributed by atoms with van der Waals surface area (Å²) in [5.41, 5.74) is 2.03. The SMILES string of the molecule is COc1ccc(CCCNC(=O)c2csc(C(C)C)c2)cc1. The molecule has 0 saturated heterocycles. The highest BCUT2D eigenvalue weighted by molar-refractivity contribution is 7.10. The molecule has 118 valence electrons. The van der Waals surface area contributed by atoms with Crippen LogP contribution >= 0.6 is 11.3 Å². The molecule has 0 saturated carbocycles. The summed E-state index contributed by atoms with van der Waals surface area (Å²) in [6.45, 7) is 4.97. The minimum absolute atomic E-state index is 0.0258. The molecule has 1 aromatic heterocycles. The third kappa shape index (κ3) is 4.60. The number of amides is 1. The van der Waals surface area contributed by atoms with Gasteiger partial charge in [-0.3, -0.25) is 4.79 Å². The van der Waals surface area contributed by atoms with Crippen LogP contribution < -0.4 is 10.1 Å². The Balaban J connectivity index is 1.74. The normalized spacial score (nSPS) is 10.7. The number of carbonyl (C=O) groups is 1. The Morgan fingerprint density at radius 1 is 1.27 bits per heavy atom. The van der Waals surface area contributed by atoms with Gasteiger partial charge in [-0.05, 0) is 42.5 Å². The third-order valence-electron chi connectivity index (χ3n) is 3.54. The molecule has 1 aromatic carbocycles. The van der Waals surface area contributed by atoms with Gasteiger partial charge in [0.25, 0.3) is 5.91 Å². The lowest BCUT2D eigenvalue weighted by molar-refractivity contribution is 0.0953. The first kappa shape index (κ1) is 16.6. The van der Waals surface area contributed by atoms with Crippen molar-refractivity contribution in [3.63, 3.8) is 0 Å². The maximum Gasteiger partial charge on any atom is 0.252 e. The van der Waals surface area contributed by atoms with E-state index in [-0.39, 0.29) is 5.91 Å². The fourth-order valence-electron chi connectivity index (χ4n) is 2.16. The topological polar surface area (TPSA) is 38.3 Å². The molecule has 0 aliphatic carbocycles. The van der Waals surface area contributed by atoms with Crippen molar-refractivity contribution < 1.29 is 9.53 Å². The molecule has 2 aromatic rings. The van der Waals surface area contributed by atoms with Gasteiger partial charge in [-0.15, -0.1) is 11.3 Å². The molecule has 0 fully saturated rings. The van der Waals surface area contributed by atoms with Crippen LogP contribution in [0.1, 0.15) is 47.0 Å². The minimum atomic E-state index is 0.0258. The molecule has 1 heterocycles. The van der Waals surface area contributed by atoms with Gasteiger partial charge in [0.05, 0.1) is 12.7 Å². The number of ether oxygens (including phenoxy) is 1. The lowest BCUT2D eigenvalue weighted by Crippen LogP contribution is -2.24. The highest BCUT2D eigenvalue weighted by Gasteiger charge is 2.09. The van der Waals surface area contributed by atoms with Crippen molar-refractivity contribution in [3.05, 3.63) is 51.7 Å². The number of thiophene rings is 1. The maximum atomic E-state index is 12.1. The van der Waals surface area contributed by atoms with Crippen LogP contribution in [-0.2, 0) is 6.42 Å². The molecule has 22 heavy (non-hydrogen) atoms. The number of benzene rings is 1. The zero-order chi connectivity index (χ0) is 15.9. The zero-order valence-electron chi connectivity index (χ0n) is 13.4. The largest absolute Gasteiger partial charge is 0.497 e. The number of aryl methyl sites for hydroxylation is 1. The predicted octanol–water partition coefficient (Wildman–Crippen LogP) is 4.24. The van der Waals surface area contributed by atoms with Crippen molar-refractivity contribution in [1.82, 2.24) is 5.32 Å². The fraction of sp³-hybridized carbons (Fsp3) is 0.389. The molecule has 0 bridgehead atoms. The van der Waals surface area contributed by atoms with E-state index in [1.165, 1.54) is 10.4 Å². The lowest BCUT2D eigenvalue weighted by atomic mass is 10.1. The third-order valence-corrected chi connectivity index (χ3v) is 4.77. The number of hydrogen-bond donors (Lipinski definition) is 1. The van der Waals surface area contributed by atoms with Crippen molar-refractivity contribution in [1.29, 1.82) is 0 Å². The van der Waals surface area contributed by atoms with E-state index in [2.05, 4.69) is 31.3 Å². The van der Waals surface area contributed by atoms with Crippen LogP contribution in [0.3, 0.4) is 0 Å². The molecule has 0 radical (unpaired) electrons. The first-order valence-electron chi connectivity index (χ1n) is 7.59. The molecule has 4 heteroatoms. The molecule has 0 spiro atoms. The Kier molecular flexibility index (Phi) is 6.01. The summed E-state index contributed by atoms with van der Waals surface area (Å²) < 4.78 is 5.14. The van der Waals surface area contributed by atoms with E-state index >= 15 is 0 Å². The Morgan fingerprint density at radius 2 is 2.00 bits per heavy atom. The van der Waals surface area contributed by atoms with E-state index < -0.39 is 0 Å². The van der Waals surface area contributed by atoms with Gasteiger partial charge >= 0.3 is 0 Å². The molecule has 0 unspecified atom stereocenters. The summed E-state index contributed by atoms with van der Waals surface area (Å²) in [5.74, 6) is 1.37. The second-order valence-corrected chi connectivity index (χ2v) is 6.54. The fourth-order valence-corrected chi connectivity index (χ4v) is 3.07. The quantitative estimate of drug-likeness (QED) is 0.776. The average molecular weight is 317 g/mol. The Bertz CT molecular complexity index is 602. The second kappa shape index (κ2) is 7.99. The predicted molar refractivity (Wildman–Crippen MR) is 92.1 cm³/mol. The molecule has 1 amide bonds. The first-order valence-corrected chi connectivity index (χ1v) is 8.47. The van der Waals surface area contributed by atoms with Crippen molar-refractivity contribution in [2.24, 2.45) is 0 Å². The molecular weight excluding hydrogens is 294 g/mol. The van der Waals surface area contributed by atoms with E-state index in [1.807, 2.05) is 23.6 Å². The number of hydrogen-bond acceptors (Lipinski definition) is 3.